The van der Waals surface area contributed by atoms with Crippen LogP contribution < -0.4 is 0 Å². The SMILES string of the molecule is O=C1C2CCN(CC2)[C@@H]1C(c1ccc(Cl)cc1)c1ccc(Cl)cc1. The van der Waals surface area contributed by atoms with Crippen LogP contribution in [0.25, 0.3) is 0 Å². The Hall–Kier alpha value is -1.35. The van der Waals surface area contributed by atoms with Gasteiger partial charge >= 0.3 is 0 Å². The fourth-order valence-corrected chi connectivity index (χ4v) is 4.41. The molecule has 0 spiro atoms. The lowest BCUT2D eigenvalue weighted by molar-refractivity contribution is -0.137. The van der Waals surface area contributed by atoms with E-state index in [-0.39, 0.29) is 17.9 Å². The third-order valence-electron chi connectivity index (χ3n) is 5.39. The first-order chi connectivity index (χ1) is 11.6. The van der Waals surface area contributed by atoms with Crippen LogP contribution >= 0.6 is 23.2 Å². The third kappa shape index (κ3) is 2.88. The van der Waals surface area contributed by atoms with Crippen molar-refractivity contribution in [3.8, 4) is 0 Å². The minimum Gasteiger partial charge on any atom is -0.298 e. The van der Waals surface area contributed by atoms with Crippen LogP contribution in [-0.2, 0) is 4.79 Å². The molecule has 0 saturated carbocycles. The van der Waals surface area contributed by atoms with E-state index in [0.29, 0.717) is 15.8 Å². The van der Waals surface area contributed by atoms with Crippen LogP contribution in [0.1, 0.15) is 29.9 Å². The van der Waals surface area contributed by atoms with Crippen LogP contribution in [0, 0.1) is 5.92 Å². The van der Waals surface area contributed by atoms with Gasteiger partial charge in [-0.3, -0.25) is 9.69 Å². The monoisotopic (exact) mass is 359 g/mol. The number of hydrogen-bond donors (Lipinski definition) is 0. The second kappa shape index (κ2) is 6.51. The van der Waals surface area contributed by atoms with E-state index in [4.69, 9.17) is 23.2 Å². The summed E-state index contributed by atoms with van der Waals surface area (Å²) >= 11 is 12.1. The first-order valence-electron chi connectivity index (χ1n) is 8.42. The highest BCUT2D eigenvalue weighted by molar-refractivity contribution is 6.30. The van der Waals surface area contributed by atoms with Crippen LogP contribution in [0.15, 0.2) is 48.5 Å². The third-order valence-corrected chi connectivity index (χ3v) is 5.89. The summed E-state index contributed by atoms with van der Waals surface area (Å²) in [5.41, 5.74) is 2.26. The summed E-state index contributed by atoms with van der Waals surface area (Å²) in [5, 5.41) is 1.43. The molecule has 0 amide bonds. The van der Waals surface area contributed by atoms with Gasteiger partial charge in [-0.2, -0.15) is 0 Å². The lowest BCUT2D eigenvalue weighted by Crippen LogP contribution is -2.57. The summed E-state index contributed by atoms with van der Waals surface area (Å²) in [5.74, 6) is 0.639. The number of halogens is 2. The van der Waals surface area contributed by atoms with Gasteiger partial charge in [0, 0.05) is 21.9 Å². The van der Waals surface area contributed by atoms with E-state index in [2.05, 4.69) is 4.90 Å². The molecule has 2 bridgehead atoms. The zero-order valence-electron chi connectivity index (χ0n) is 13.3. The first kappa shape index (κ1) is 16.1. The van der Waals surface area contributed by atoms with Gasteiger partial charge in [-0.15, -0.1) is 0 Å². The average molecular weight is 360 g/mol. The molecular formula is C20H19Cl2NO. The average Bonchev–Trinajstić information content (AvgIpc) is 2.61. The maximum absolute atomic E-state index is 13.0. The smallest absolute Gasteiger partial charge is 0.154 e. The number of nitrogens with zero attached hydrogens (tertiary/aromatic N) is 1. The van der Waals surface area contributed by atoms with E-state index < -0.39 is 0 Å². The number of piperidine rings is 3. The number of carbonyl (C=O) groups excluding carboxylic acids is 1. The summed E-state index contributed by atoms with van der Waals surface area (Å²) in [7, 11) is 0. The second-order valence-electron chi connectivity index (χ2n) is 6.74. The van der Waals surface area contributed by atoms with Crippen molar-refractivity contribution >= 4 is 29.0 Å². The Morgan fingerprint density at radius 1 is 0.833 bits per heavy atom. The zero-order valence-corrected chi connectivity index (χ0v) is 14.8. The van der Waals surface area contributed by atoms with Crippen molar-refractivity contribution in [2.45, 2.75) is 24.8 Å². The van der Waals surface area contributed by atoms with Crippen molar-refractivity contribution in [2.75, 3.05) is 13.1 Å². The second-order valence-corrected chi connectivity index (χ2v) is 7.61. The molecule has 2 nitrogen and oxygen atoms in total. The van der Waals surface area contributed by atoms with Crippen molar-refractivity contribution in [1.82, 2.24) is 4.90 Å². The van der Waals surface area contributed by atoms with Gasteiger partial charge in [0.1, 0.15) is 0 Å². The standard InChI is InChI=1S/C20H19Cl2NO/c21-16-5-1-13(2-6-16)18(14-3-7-17(22)8-4-14)19-20(24)15-9-11-23(19)12-10-15/h1-8,15,18-19H,9-12H2/t19-/m1/s1. The number of benzene rings is 2. The van der Waals surface area contributed by atoms with E-state index in [1.165, 1.54) is 0 Å². The molecule has 0 unspecified atom stereocenters. The molecule has 3 aliphatic heterocycles. The van der Waals surface area contributed by atoms with Crippen molar-refractivity contribution in [3.63, 3.8) is 0 Å². The normalized spacial score (nSPS) is 26.1. The predicted molar refractivity (Wildman–Crippen MR) is 97.8 cm³/mol. The molecule has 0 radical (unpaired) electrons. The summed E-state index contributed by atoms with van der Waals surface area (Å²) in [4.78, 5) is 15.4. The number of ketones is 1. The van der Waals surface area contributed by atoms with Crippen LogP contribution in [0.3, 0.4) is 0 Å². The summed E-state index contributed by atoms with van der Waals surface area (Å²) in [6.07, 6.45) is 2.01. The van der Waals surface area contributed by atoms with Crippen molar-refractivity contribution in [3.05, 3.63) is 69.7 Å². The van der Waals surface area contributed by atoms with Crippen LogP contribution in [0.5, 0.6) is 0 Å². The number of carbonyl (C=O) groups is 1. The minimum atomic E-state index is -0.0835. The van der Waals surface area contributed by atoms with Crippen LogP contribution in [0.4, 0.5) is 0 Å². The molecule has 3 fully saturated rings. The maximum atomic E-state index is 13.0. The van der Waals surface area contributed by atoms with Gasteiger partial charge in [0.05, 0.1) is 6.04 Å². The van der Waals surface area contributed by atoms with Gasteiger partial charge in [0.25, 0.3) is 0 Å². The zero-order chi connectivity index (χ0) is 16.7. The van der Waals surface area contributed by atoms with E-state index >= 15 is 0 Å². The van der Waals surface area contributed by atoms with E-state index in [1.807, 2.05) is 48.5 Å². The Morgan fingerprint density at radius 3 is 1.71 bits per heavy atom. The summed E-state index contributed by atoms with van der Waals surface area (Å²) < 4.78 is 0. The number of hydrogen-bond acceptors (Lipinski definition) is 2. The molecule has 2 aromatic carbocycles. The molecule has 0 N–H and O–H groups in total. The fourth-order valence-electron chi connectivity index (χ4n) is 4.16. The van der Waals surface area contributed by atoms with Crippen molar-refractivity contribution in [1.29, 1.82) is 0 Å². The molecular weight excluding hydrogens is 341 g/mol. The topological polar surface area (TPSA) is 20.3 Å². The summed E-state index contributed by atoms with van der Waals surface area (Å²) in [6, 6.07) is 15.7. The molecule has 3 heterocycles. The van der Waals surface area contributed by atoms with Gasteiger partial charge in [0.2, 0.25) is 0 Å². The molecule has 2 aromatic rings. The molecule has 5 rings (SSSR count). The molecule has 4 heteroatoms. The van der Waals surface area contributed by atoms with E-state index in [1.54, 1.807) is 0 Å². The van der Waals surface area contributed by atoms with Gasteiger partial charge in [-0.1, -0.05) is 47.5 Å². The quantitative estimate of drug-likeness (QED) is 0.785. The molecule has 24 heavy (non-hydrogen) atoms. The van der Waals surface area contributed by atoms with Crippen LogP contribution in [-0.4, -0.2) is 29.8 Å². The Kier molecular flexibility index (Phi) is 4.38. The molecule has 3 saturated heterocycles. The molecule has 1 atom stereocenters. The lowest BCUT2D eigenvalue weighted by Gasteiger charge is -2.47. The molecule has 124 valence electrons. The molecule has 0 aromatic heterocycles. The van der Waals surface area contributed by atoms with Gasteiger partial charge in [-0.25, -0.2) is 0 Å². The maximum Gasteiger partial charge on any atom is 0.154 e. The minimum absolute atomic E-state index is 0.0233. The lowest BCUT2D eigenvalue weighted by atomic mass is 9.73. The highest BCUT2D eigenvalue weighted by Gasteiger charge is 2.45. The highest BCUT2D eigenvalue weighted by Crippen LogP contribution is 2.40. The number of Topliss-reactive ketones (excluding diaryl/α,β-unsaturated/α-hetero) is 1. The Labute approximate surface area is 152 Å². The highest BCUT2D eigenvalue weighted by atomic mass is 35.5. The number of fused-ring (bicyclic) bond motifs is 3. The van der Waals surface area contributed by atoms with Crippen LogP contribution in [0.2, 0.25) is 10.0 Å². The number of rotatable bonds is 3. The molecule has 0 aliphatic carbocycles. The van der Waals surface area contributed by atoms with E-state index in [0.717, 1.165) is 37.1 Å². The Bertz CT molecular complexity index is 688. The van der Waals surface area contributed by atoms with Gasteiger partial charge < -0.3 is 0 Å². The molecule has 3 aliphatic rings. The van der Waals surface area contributed by atoms with Crippen molar-refractivity contribution < 1.29 is 4.79 Å². The summed E-state index contributed by atoms with van der Waals surface area (Å²) in [6.45, 7) is 2.03. The fraction of sp³-hybridized carbons (Fsp3) is 0.350. The Morgan fingerprint density at radius 2 is 1.29 bits per heavy atom. The Balaban J connectivity index is 1.79. The van der Waals surface area contributed by atoms with Gasteiger partial charge in [-0.05, 0) is 61.3 Å². The van der Waals surface area contributed by atoms with Crippen molar-refractivity contribution in [2.24, 2.45) is 5.92 Å². The predicted octanol–water partition coefficient (Wildman–Crippen LogP) is 4.79. The van der Waals surface area contributed by atoms with E-state index in [9.17, 15) is 4.79 Å². The first-order valence-corrected chi connectivity index (χ1v) is 9.18. The van der Waals surface area contributed by atoms with Gasteiger partial charge in [0.15, 0.2) is 5.78 Å². The largest absolute Gasteiger partial charge is 0.298 e.